The maximum Gasteiger partial charge on any atom is 0.0690 e. The van der Waals surface area contributed by atoms with Crippen molar-refractivity contribution in [2.75, 3.05) is 5.73 Å². The van der Waals surface area contributed by atoms with Gasteiger partial charge in [-0.3, -0.25) is 0 Å². The molecule has 2 N–H and O–H groups in total. The van der Waals surface area contributed by atoms with Crippen molar-refractivity contribution in [1.82, 2.24) is 5.43 Å². The molecule has 0 fully saturated rings. The lowest BCUT2D eigenvalue weighted by Crippen LogP contribution is -1.96. The predicted octanol–water partition coefficient (Wildman–Crippen LogP) is 1.30. The molecule has 1 aliphatic heterocycles. The van der Waals surface area contributed by atoms with E-state index in [1.165, 1.54) is 5.56 Å². The number of benzene rings is 1. The van der Waals surface area contributed by atoms with Gasteiger partial charge in [0.2, 0.25) is 0 Å². The molecule has 0 bridgehead atoms. The minimum atomic E-state index is 0.789. The molecule has 0 atom stereocenters. The van der Waals surface area contributed by atoms with Crippen LogP contribution in [0.1, 0.15) is 5.56 Å². The van der Waals surface area contributed by atoms with Crippen molar-refractivity contribution in [2.45, 2.75) is 6.42 Å². The Labute approximate surface area is 77.0 Å². The Morgan fingerprint density at radius 1 is 1.15 bits per heavy atom. The number of nitrogens with zero attached hydrogens (tertiary/aromatic N) is 2. The van der Waals surface area contributed by atoms with Gasteiger partial charge in [0.15, 0.2) is 0 Å². The van der Waals surface area contributed by atoms with Gasteiger partial charge in [-0.15, -0.1) is 0 Å². The maximum atomic E-state index is 5.57. The highest BCUT2D eigenvalue weighted by molar-refractivity contribution is 5.74. The van der Waals surface area contributed by atoms with Crippen molar-refractivity contribution in [3.05, 3.63) is 41.6 Å². The summed E-state index contributed by atoms with van der Waals surface area (Å²) in [6.45, 7) is 0. The molecule has 0 saturated heterocycles. The van der Waals surface area contributed by atoms with E-state index < -0.39 is 0 Å². The van der Waals surface area contributed by atoms with Crippen LogP contribution >= 0.6 is 0 Å². The average Bonchev–Trinajstić information content (AvgIpc) is 2.62. The number of allylic oxidation sites excluding steroid dienone is 2. The third-order valence-corrected chi connectivity index (χ3v) is 1.88. The van der Waals surface area contributed by atoms with E-state index in [0.29, 0.717) is 0 Å². The first-order chi connectivity index (χ1) is 6.34. The van der Waals surface area contributed by atoms with Crippen LogP contribution < -0.4 is 11.2 Å². The number of hydrogen-bond donors (Lipinski definition) is 1. The highest BCUT2D eigenvalue weighted by Gasteiger charge is 2.02. The molecule has 3 nitrogen and oxygen atoms in total. The van der Waals surface area contributed by atoms with E-state index in [1.807, 2.05) is 30.3 Å². The Bertz CT molecular complexity index is 349. The van der Waals surface area contributed by atoms with Gasteiger partial charge in [-0.25, -0.2) is 0 Å². The van der Waals surface area contributed by atoms with E-state index in [0.717, 1.165) is 17.8 Å². The van der Waals surface area contributed by atoms with E-state index in [9.17, 15) is 0 Å². The van der Waals surface area contributed by atoms with Crippen LogP contribution in [0.25, 0.3) is 0 Å². The molecule has 1 aromatic carbocycles. The first kappa shape index (κ1) is 7.86. The summed E-state index contributed by atoms with van der Waals surface area (Å²) in [5.41, 5.74) is 12.5. The van der Waals surface area contributed by atoms with Crippen molar-refractivity contribution in [3.8, 4) is 0 Å². The van der Waals surface area contributed by atoms with Gasteiger partial charge in [-0.2, -0.15) is 10.5 Å². The monoisotopic (exact) mass is 172 g/mol. The van der Waals surface area contributed by atoms with Crippen molar-refractivity contribution >= 4 is 11.9 Å². The van der Waals surface area contributed by atoms with Crippen LogP contribution in [0.2, 0.25) is 0 Å². The van der Waals surface area contributed by atoms with Crippen molar-refractivity contribution in [3.63, 3.8) is 0 Å². The Balaban J connectivity index is 2.06. The minimum absolute atomic E-state index is 0.789. The maximum absolute atomic E-state index is 5.57. The number of nitrogen functional groups attached to an aromatic ring is 1. The van der Waals surface area contributed by atoms with Crippen LogP contribution in [0.15, 0.2) is 41.1 Å². The standard InChI is InChI=1S/C10H10N3/c11-9-3-1-8(2-4-9)7-10-5-6-12-13-10/h1-6H,7,11H2. The first-order valence-corrected chi connectivity index (χ1v) is 4.12. The third kappa shape index (κ3) is 1.87. The zero-order valence-electron chi connectivity index (χ0n) is 7.14. The van der Waals surface area contributed by atoms with Gasteiger partial charge in [-0.1, -0.05) is 12.1 Å². The van der Waals surface area contributed by atoms with E-state index in [-0.39, 0.29) is 0 Å². The first-order valence-electron chi connectivity index (χ1n) is 4.12. The van der Waals surface area contributed by atoms with Gasteiger partial charge in [0.05, 0.1) is 11.9 Å². The highest BCUT2D eigenvalue weighted by atomic mass is 15.3. The second kappa shape index (κ2) is 3.31. The average molecular weight is 172 g/mol. The quantitative estimate of drug-likeness (QED) is 0.671. The molecule has 0 aromatic heterocycles. The Hall–Kier alpha value is -1.77. The van der Waals surface area contributed by atoms with E-state index >= 15 is 0 Å². The van der Waals surface area contributed by atoms with Crippen LogP contribution in [-0.2, 0) is 6.42 Å². The van der Waals surface area contributed by atoms with Gasteiger partial charge in [0, 0.05) is 12.1 Å². The molecular weight excluding hydrogens is 162 g/mol. The lowest BCUT2D eigenvalue weighted by atomic mass is 10.1. The fraction of sp³-hybridized carbons (Fsp3) is 0.100. The summed E-state index contributed by atoms with van der Waals surface area (Å²) in [6, 6.07) is 7.80. The largest absolute Gasteiger partial charge is 0.399 e. The molecule has 0 spiro atoms. The third-order valence-electron chi connectivity index (χ3n) is 1.88. The molecule has 1 radical (unpaired) electrons. The summed E-state index contributed by atoms with van der Waals surface area (Å²) >= 11 is 0. The van der Waals surface area contributed by atoms with Crippen LogP contribution in [0.4, 0.5) is 5.69 Å². The Morgan fingerprint density at radius 3 is 2.54 bits per heavy atom. The van der Waals surface area contributed by atoms with Crippen molar-refractivity contribution in [2.24, 2.45) is 5.10 Å². The van der Waals surface area contributed by atoms with E-state index in [4.69, 9.17) is 5.73 Å². The van der Waals surface area contributed by atoms with Crippen molar-refractivity contribution < 1.29 is 0 Å². The molecule has 1 aliphatic rings. The van der Waals surface area contributed by atoms with Gasteiger partial charge >= 0.3 is 0 Å². The second-order valence-electron chi connectivity index (χ2n) is 2.94. The SMILES string of the molecule is Nc1ccc(CC2=CC=N[N]2)cc1. The van der Waals surface area contributed by atoms with Crippen LogP contribution in [0.5, 0.6) is 0 Å². The fourth-order valence-corrected chi connectivity index (χ4v) is 1.20. The molecule has 0 unspecified atom stereocenters. The van der Waals surface area contributed by atoms with E-state index in [1.54, 1.807) is 6.21 Å². The molecule has 3 heteroatoms. The Kier molecular flexibility index (Phi) is 2.00. The number of anilines is 1. The Morgan fingerprint density at radius 2 is 1.92 bits per heavy atom. The molecule has 1 aromatic rings. The summed E-state index contributed by atoms with van der Waals surface area (Å²) in [5, 5.41) is 3.76. The van der Waals surface area contributed by atoms with Crippen molar-refractivity contribution in [1.29, 1.82) is 0 Å². The molecule has 0 aliphatic carbocycles. The molecule has 1 heterocycles. The van der Waals surface area contributed by atoms with Crippen LogP contribution in [0, 0.1) is 0 Å². The topological polar surface area (TPSA) is 52.5 Å². The summed E-state index contributed by atoms with van der Waals surface area (Å²) in [5.74, 6) is 0. The van der Waals surface area contributed by atoms with Gasteiger partial charge in [-0.05, 0) is 23.8 Å². The summed E-state index contributed by atoms with van der Waals surface area (Å²) in [6.07, 6.45) is 4.43. The molecule has 65 valence electrons. The highest BCUT2D eigenvalue weighted by Crippen LogP contribution is 2.11. The van der Waals surface area contributed by atoms with Gasteiger partial charge in [0.25, 0.3) is 0 Å². The van der Waals surface area contributed by atoms with Gasteiger partial charge in [0.1, 0.15) is 0 Å². The lowest BCUT2D eigenvalue weighted by molar-refractivity contribution is 0.852. The number of nitrogens with two attached hydrogens (primary N) is 1. The number of hydrogen-bond acceptors (Lipinski definition) is 2. The summed E-state index contributed by atoms with van der Waals surface area (Å²) < 4.78 is 0. The molecule has 0 amide bonds. The van der Waals surface area contributed by atoms with Crippen LogP contribution in [-0.4, -0.2) is 6.21 Å². The number of rotatable bonds is 2. The minimum Gasteiger partial charge on any atom is -0.399 e. The lowest BCUT2D eigenvalue weighted by Gasteiger charge is -2.00. The second-order valence-corrected chi connectivity index (χ2v) is 2.94. The summed E-state index contributed by atoms with van der Waals surface area (Å²) in [4.78, 5) is 0. The molecule has 0 saturated carbocycles. The molecular formula is C10H10N3. The van der Waals surface area contributed by atoms with Gasteiger partial charge < -0.3 is 5.73 Å². The zero-order valence-corrected chi connectivity index (χ0v) is 7.14. The molecule has 2 rings (SSSR count). The fourth-order valence-electron chi connectivity index (χ4n) is 1.20. The predicted molar refractivity (Wildman–Crippen MR) is 53.3 cm³/mol. The van der Waals surface area contributed by atoms with Crippen LogP contribution in [0.3, 0.4) is 0 Å². The normalized spacial score (nSPS) is 14.0. The molecule has 13 heavy (non-hydrogen) atoms. The zero-order chi connectivity index (χ0) is 9.10. The summed E-state index contributed by atoms with van der Waals surface area (Å²) in [7, 11) is 0. The smallest absolute Gasteiger partial charge is 0.0690 e. The van der Waals surface area contributed by atoms with E-state index in [2.05, 4.69) is 10.5 Å².